The van der Waals surface area contributed by atoms with Crippen LogP contribution in [0.25, 0.3) is 0 Å². The molecule has 68 valence electrons. The number of halogens is 1. The highest BCUT2D eigenvalue weighted by Crippen LogP contribution is 2.31. The SMILES string of the molecule is C=C1COC(c2ccc(Cl)cc2)C1. The second-order valence-corrected chi connectivity index (χ2v) is 3.74. The predicted octanol–water partition coefficient (Wildman–Crippen LogP) is 3.36. The summed E-state index contributed by atoms with van der Waals surface area (Å²) in [6.45, 7) is 4.58. The summed E-state index contributed by atoms with van der Waals surface area (Å²) in [6.07, 6.45) is 1.12. The summed E-state index contributed by atoms with van der Waals surface area (Å²) in [6, 6.07) is 7.79. The van der Waals surface area contributed by atoms with Crippen molar-refractivity contribution < 1.29 is 4.74 Å². The van der Waals surface area contributed by atoms with Gasteiger partial charge in [-0.2, -0.15) is 0 Å². The van der Waals surface area contributed by atoms with Crippen LogP contribution >= 0.6 is 11.6 Å². The molecule has 1 heterocycles. The lowest BCUT2D eigenvalue weighted by Crippen LogP contribution is -1.94. The highest BCUT2D eigenvalue weighted by molar-refractivity contribution is 6.30. The minimum Gasteiger partial charge on any atom is -0.369 e. The zero-order valence-electron chi connectivity index (χ0n) is 7.29. The van der Waals surface area contributed by atoms with Gasteiger partial charge in [0.1, 0.15) is 0 Å². The summed E-state index contributed by atoms with van der Waals surface area (Å²) >= 11 is 5.79. The van der Waals surface area contributed by atoms with Gasteiger partial charge in [0, 0.05) is 11.4 Å². The maximum Gasteiger partial charge on any atom is 0.0867 e. The lowest BCUT2D eigenvalue weighted by atomic mass is 10.1. The molecule has 1 aromatic carbocycles. The zero-order chi connectivity index (χ0) is 9.26. The lowest BCUT2D eigenvalue weighted by Gasteiger charge is -2.08. The first-order chi connectivity index (χ1) is 6.25. The molecule has 1 atom stereocenters. The Balaban J connectivity index is 2.17. The van der Waals surface area contributed by atoms with Crippen LogP contribution in [-0.2, 0) is 4.74 Å². The summed E-state index contributed by atoms with van der Waals surface area (Å²) in [4.78, 5) is 0. The van der Waals surface area contributed by atoms with Crippen molar-refractivity contribution in [1.82, 2.24) is 0 Å². The summed E-state index contributed by atoms with van der Waals surface area (Å²) in [5.41, 5.74) is 2.35. The van der Waals surface area contributed by atoms with E-state index in [1.54, 1.807) is 0 Å². The van der Waals surface area contributed by atoms with Gasteiger partial charge < -0.3 is 4.74 Å². The van der Waals surface area contributed by atoms with E-state index in [9.17, 15) is 0 Å². The maximum absolute atomic E-state index is 5.79. The average molecular weight is 195 g/mol. The number of rotatable bonds is 1. The van der Waals surface area contributed by atoms with Crippen LogP contribution in [0.5, 0.6) is 0 Å². The van der Waals surface area contributed by atoms with Crippen LogP contribution in [-0.4, -0.2) is 6.61 Å². The van der Waals surface area contributed by atoms with Gasteiger partial charge in [0.25, 0.3) is 0 Å². The third-order valence-corrected chi connectivity index (χ3v) is 2.46. The highest BCUT2D eigenvalue weighted by Gasteiger charge is 2.19. The van der Waals surface area contributed by atoms with Gasteiger partial charge >= 0.3 is 0 Å². The summed E-state index contributed by atoms with van der Waals surface area (Å²) in [7, 11) is 0. The Morgan fingerprint density at radius 2 is 2.00 bits per heavy atom. The Hall–Kier alpha value is -0.790. The molecule has 1 aromatic rings. The van der Waals surface area contributed by atoms with E-state index in [-0.39, 0.29) is 6.10 Å². The molecule has 1 fully saturated rings. The minimum absolute atomic E-state index is 0.185. The van der Waals surface area contributed by atoms with Crippen molar-refractivity contribution in [2.75, 3.05) is 6.61 Å². The molecular formula is C11H11ClO. The first kappa shape index (κ1) is 8.79. The fourth-order valence-electron chi connectivity index (χ4n) is 1.49. The first-order valence-electron chi connectivity index (χ1n) is 4.29. The summed E-state index contributed by atoms with van der Waals surface area (Å²) in [5, 5.41) is 0.764. The molecule has 0 spiro atoms. The van der Waals surface area contributed by atoms with Crippen LogP contribution in [0, 0.1) is 0 Å². The van der Waals surface area contributed by atoms with Gasteiger partial charge in [-0.3, -0.25) is 0 Å². The third-order valence-electron chi connectivity index (χ3n) is 2.20. The molecular weight excluding hydrogens is 184 g/mol. The molecule has 2 rings (SSSR count). The Labute approximate surface area is 83.0 Å². The van der Waals surface area contributed by atoms with E-state index < -0.39 is 0 Å². The second-order valence-electron chi connectivity index (χ2n) is 3.31. The van der Waals surface area contributed by atoms with E-state index in [2.05, 4.69) is 6.58 Å². The van der Waals surface area contributed by atoms with Crippen molar-refractivity contribution in [2.45, 2.75) is 12.5 Å². The third kappa shape index (κ3) is 1.93. The monoisotopic (exact) mass is 194 g/mol. The summed E-state index contributed by atoms with van der Waals surface area (Å²) in [5.74, 6) is 0. The van der Waals surface area contributed by atoms with Gasteiger partial charge in [-0.25, -0.2) is 0 Å². The smallest absolute Gasteiger partial charge is 0.0867 e. The van der Waals surface area contributed by atoms with E-state index >= 15 is 0 Å². The van der Waals surface area contributed by atoms with Gasteiger partial charge in [-0.1, -0.05) is 30.3 Å². The average Bonchev–Trinajstić information content (AvgIpc) is 2.53. The Morgan fingerprint density at radius 1 is 1.31 bits per heavy atom. The van der Waals surface area contributed by atoms with Gasteiger partial charge in [0.05, 0.1) is 12.7 Å². The minimum atomic E-state index is 0.185. The van der Waals surface area contributed by atoms with Crippen LogP contribution in [0.1, 0.15) is 18.1 Å². The van der Waals surface area contributed by atoms with Crippen LogP contribution in [0.3, 0.4) is 0 Å². The van der Waals surface area contributed by atoms with E-state index in [0.29, 0.717) is 6.61 Å². The van der Waals surface area contributed by atoms with E-state index in [1.807, 2.05) is 24.3 Å². The molecule has 13 heavy (non-hydrogen) atoms. The molecule has 0 aliphatic carbocycles. The number of hydrogen-bond acceptors (Lipinski definition) is 1. The molecule has 1 nitrogen and oxygen atoms in total. The molecule has 0 saturated carbocycles. The Bertz CT molecular complexity index is 315. The van der Waals surface area contributed by atoms with Crippen LogP contribution in [0.4, 0.5) is 0 Å². The lowest BCUT2D eigenvalue weighted by molar-refractivity contribution is 0.115. The van der Waals surface area contributed by atoms with Crippen LogP contribution in [0.15, 0.2) is 36.4 Å². The van der Waals surface area contributed by atoms with Gasteiger partial charge in [-0.15, -0.1) is 0 Å². The molecule has 0 N–H and O–H groups in total. The van der Waals surface area contributed by atoms with Gasteiger partial charge in [-0.05, 0) is 23.3 Å². The molecule has 0 aromatic heterocycles. The van der Waals surface area contributed by atoms with E-state index in [1.165, 1.54) is 11.1 Å². The fourth-order valence-corrected chi connectivity index (χ4v) is 1.62. The highest BCUT2D eigenvalue weighted by atomic mass is 35.5. The number of hydrogen-bond donors (Lipinski definition) is 0. The molecule has 1 aliphatic rings. The fraction of sp³-hybridized carbons (Fsp3) is 0.273. The Kier molecular flexibility index (Phi) is 2.38. The molecule has 2 heteroatoms. The molecule has 0 amide bonds. The molecule has 1 aliphatic heterocycles. The van der Waals surface area contributed by atoms with Crippen molar-refractivity contribution in [2.24, 2.45) is 0 Å². The number of ether oxygens (including phenoxy) is 1. The van der Waals surface area contributed by atoms with Crippen molar-refractivity contribution in [3.63, 3.8) is 0 Å². The topological polar surface area (TPSA) is 9.23 Å². The second kappa shape index (κ2) is 3.52. The van der Waals surface area contributed by atoms with E-state index in [4.69, 9.17) is 16.3 Å². The normalized spacial score (nSPS) is 22.2. The summed E-state index contributed by atoms with van der Waals surface area (Å²) < 4.78 is 5.55. The molecule has 0 bridgehead atoms. The zero-order valence-corrected chi connectivity index (χ0v) is 8.05. The first-order valence-corrected chi connectivity index (χ1v) is 4.67. The number of benzene rings is 1. The molecule has 1 unspecified atom stereocenters. The maximum atomic E-state index is 5.79. The van der Waals surface area contributed by atoms with Crippen LogP contribution in [0.2, 0.25) is 5.02 Å². The van der Waals surface area contributed by atoms with Gasteiger partial charge in [0.2, 0.25) is 0 Å². The van der Waals surface area contributed by atoms with Crippen molar-refractivity contribution in [1.29, 1.82) is 0 Å². The predicted molar refractivity (Wildman–Crippen MR) is 53.9 cm³/mol. The molecule has 0 radical (unpaired) electrons. The molecule has 1 saturated heterocycles. The van der Waals surface area contributed by atoms with Crippen LogP contribution < -0.4 is 0 Å². The largest absolute Gasteiger partial charge is 0.369 e. The van der Waals surface area contributed by atoms with Crippen molar-refractivity contribution >= 4 is 11.6 Å². The Morgan fingerprint density at radius 3 is 2.54 bits per heavy atom. The quantitative estimate of drug-likeness (QED) is 0.623. The van der Waals surface area contributed by atoms with Crippen molar-refractivity contribution in [3.8, 4) is 0 Å². The standard InChI is InChI=1S/C11H11ClO/c1-8-6-11(13-7-8)9-2-4-10(12)5-3-9/h2-5,11H,1,6-7H2. The van der Waals surface area contributed by atoms with Gasteiger partial charge in [0.15, 0.2) is 0 Å². The van der Waals surface area contributed by atoms with Crippen molar-refractivity contribution in [3.05, 3.63) is 47.0 Å². The van der Waals surface area contributed by atoms with E-state index in [0.717, 1.165) is 11.4 Å².